The Kier molecular flexibility index (Phi) is 7.98. The van der Waals surface area contributed by atoms with Gasteiger partial charge < -0.3 is 14.2 Å². The first-order valence-corrected chi connectivity index (χ1v) is 13.8. The monoisotopic (exact) mass is 568 g/mol. The zero-order valence-corrected chi connectivity index (χ0v) is 23.9. The highest BCUT2D eigenvalue weighted by Gasteiger charge is 2.33. The SMILES string of the molecule is CCOC(=O)C1=C(C)N=c2s/c(=C\c3ccc(OC(=O)c4cccc(C)c4)cc3)c(=O)n2[C@H]1c1ccc(OC)cc1. The molecule has 208 valence electrons. The lowest BCUT2D eigenvalue weighted by molar-refractivity contribution is -0.139. The molecule has 0 N–H and O–H groups in total. The minimum atomic E-state index is -0.707. The maximum absolute atomic E-state index is 13.8. The standard InChI is InChI=1S/C32H28N2O6S/c1-5-39-31(37)27-20(3)33-32-34(28(27)22-11-15-24(38-4)16-12-22)29(35)26(41-32)18-21-9-13-25(14-10-21)40-30(36)23-8-6-7-19(2)17-23/h6-18,28H,5H2,1-4H3/b26-18-/t28-/m0/s1. The fourth-order valence-electron chi connectivity index (χ4n) is 4.61. The van der Waals surface area contributed by atoms with Gasteiger partial charge in [0.05, 0.1) is 41.1 Å². The molecule has 1 aromatic heterocycles. The van der Waals surface area contributed by atoms with Gasteiger partial charge in [0.1, 0.15) is 11.5 Å². The second-order valence-corrected chi connectivity index (χ2v) is 10.4. The van der Waals surface area contributed by atoms with Crippen molar-refractivity contribution < 1.29 is 23.8 Å². The molecule has 2 heterocycles. The van der Waals surface area contributed by atoms with Crippen LogP contribution in [0.4, 0.5) is 0 Å². The molecular formula is C32H28N2O6S. The van der Waals surface area contributed by atoms with Gasteiger partial charge in [0.15, 0.2) is 4.80 Å². The number of benzene rings is 3. The molecule has 0 unspecified atom stereocenters. The molecule has 0 spiro atoms. The van der Waals surface area contributed by atoms with Crippen LogP contribution >= 0.6 is 11.3 Å². The van der Waals surface area contributed by atoms with Crippen molar-refractivity contribution in [2.45, 2.75) is 26.8 Å². The molecular weight excluding hydrogens is 540 g/mol. The molecule has 0 saturated heterocycles. The molecule has 5 rings (SSSR count). The summed E-state index contributed by atoms with van der Waals surface area (Å²) < 4.78 is 18.1. The minimum Gasteiger partial charge on any atom is -0.497 e. The van der Waals surface area contributed by atoms with E-state index in [1.165, 1.54) is 15.9 Å². The van der Waals surface area contributed by atoms with Gasteiger partial charge in [-0.3, -0.25) is 9.36 Å². The number of hydrogen-bond donors (Lipinski definition) is 0. The van der Waals surface area contributed by atoms with Crippen LogP contribution in [0.25, 0.3) is 6.08 Å². The number of esters is 2. The Morgan fingerprint density at radius 1 is 0.976 bits per heavy atom. The highest BCUT2D eigenvalue weighted by atomic mass is 32.1. The van der Waals surface area contributed by atoms with Gasteiger partial charge in [0, 0.05) is 0 Å². The zero-order valence-electron chi connectivity index (χ0n) is 23.0. The third-order valence-electron chi connectivity index (χ3n) is 6.59. The second-order valence-electron chi connectivity index (χ2n) is 9.40. The van der Waals surface area contributed by atoms with E-state index < -0.39 is 18.0 Å². The van der Waals surface area contributed by atoms with E-state index in [1.54, 1.807) is 81.6 Å². The van der Waals surface area contributed by atoms with Gasteiger partial charge >= 0.3 is 11.9 Å². The number of aromatic nitrogens is 1. The van der Waals surface area contributed by atoms with Crippen molar-refractivity contribution in [1.82, 2.24) is 4.57 Å². The molecule has 8 nitrogen and oxygen atoms in total. The predicted octanol–water partition coefficient (Wildman–Crippen LogP) is 4.33. The number of allylic oxidation sites excluding steroid dienone is 1. The van der Waals surface area contributed by atoms with Gasteiger partial charge in [-0.1, -0.05) is 53.3 Å². The fourth-order valence-corrected chi connectivity index (χ4v) is 5.66. The molecule has 9 heteroatoms. The lowest BCUT2D eigenvalue weighted by Gasteiger charge is -2.24. The molecule has 0 saturated carbocycles. The molecule has 3 aromatic carbocycles. The molecule has 0 amide bonds. The number of rotatable bonds is 7. The number of nitrogens with zero attached hydrogens (tertiary/aromatic N) is 2. The van der Waals surface area contributed by atoms with E-state index in [2.05, 4.69) is 4.99 Å². The summed E-state index contributed by atoms with van der Waals surface area (Å²) in [6.45, 7) is 5.59. The van der Waals surface area contributed by atoms with Crippen molar-refractivity contribution in [2.24, 2.45) is 4.99 Å². The fraction of sp³-hybridized carbons (Fsp3) is 0.188. The van der Waals surface area contributed by atoms with Crippen LogP contribution in [0.5, 0.6) is 11.5 Å². The van der Waals surface area contributed by atoms with Crippen molar-refractivity contribution in [2.75, 3.05) is 13.7 Å². The molecule has 0 fully saturated rings. The van der Waals surface area contributed by atoms with Crippen LogP contribution < -0.4 is 24.4 Å². The topological polar surface area (TPSA) is 96.2 Å². The van der Waals surface area contributed by atoms with E-state index in [0.717, 1.165) is 16.7 Å². The van der Waals surface area contributed by atoms with Gasteiger partial charge in [0.25, 0.3) is 5.56 Å². The summed E-state index contributed by atoms with van der Waals surface area (Å²) in [6.07, 6.45) is 1.75. The summed E-state index contributed by atoms with van der Waals surface area (Å²) in [7, 11) is 1.58. The first kappa shape index (κ1) is 27.8. The number of fused-ring (bicyclic) bond motifs is 1. The summed E-state index contributed by atoms with van der Waals surface area (Å²) in [4.78, 5) is 44.4. The number of thiazole rings is 1. The van der Waals surface area contributed by atoms with Crippen molar-refractivity contribution in [3.05, 3.63) is 126 Å². The summed E-state index contributed by atoms with van der Waals surface area (Å²) in [5.41, 5.74) is 3.45. The highest BCUT2D eigenvalue weighted by molar-refractivity contribution is 7.07. The van der Waals surface area contributed by atoms with Gasteiger partial charge in [-0.05, 0) is 74.4 Å². The largest absolute Gasteiger partial charge is 0.497 e. The zero-order chi connectivity index (χ0) is 29.1. The van der Waals surface area contributed by atoms with E-state index in [0.29, 0.717) is 37.7 Å². The van der Waals surface area contributed by atoms with Crippen molar-refractivity contribution in [3.63, 3.8) is 0 Å². The van der Waals surface area contributed by atoms with Gasteiger partial charge in [-0.25, -0.2) is 14.6 Å². The Balaban J connectivity index is 1.50. The molecule has 0 bridgehead atoms. The third kappa shape index (κ3) is 5.76. The lowest BCUT2D eigenvalue weighted by Crippen LogP contribution is -2.39. The van der Waals surface area contributed by atoms with Crippen LogP contribution in [-0.4, -0.2) is 30.2 Å². The van der Waals surface area contributed by atoms with Crippen LogP contribution in [0.1, 0.15) is 46.9 Å². The van der Waals surface area contributed by atoms with Crippen LogP contribution in [-0.2, 0) is 9.53 Å². The Morgan fingerprint density at radius 3 is 2.34 bits per heavy atom. The quantitative estimate of drug-likeness (QED) is 0.243. The molecule has 0 aliphatic carbocycles. The molecule has 1 atom stereocenters. The Labute approximate surface area is 240 Å². The van der Waals surface area contributed by atoms with Crippen LogP contribution in [0.15, 0.2) is 93.9 Å². The number of hydrogen-bond acceptors (Lipinski definition) is 8. The van der Waals surface area contributed by atoms with Gasteiger partial charge in [0.2, 0.25) is 0 Å². The maximum atomic E-state index is 13.8. The average Bonchev–Trinajstić information content (AvgIpc) is 3.27. The van der Waals surface area contributed by atoms with Gasteiger partial charge in [-0.15, -0.1) is 0 Å². The summed E-state index contributed by atoms with van der Waals surface area (Å²) >= 11 is 1.24. The molecule has 0 radical (unpaired) electrons. The van der Waals surface area contributed by atoms with E-state index in [-0.39, 0.29) is 12.2 Å². The number of aryl methyl sites for hydroxylation is 1. The Bertz CT molecular complexity index is 1830. The van der Waals surface area contributed by atoms with Crippen molar-refractivity contribution in [3.8, 4) is 11.5 Å². The predicted molar refractivity (Wildman–Crippen MR) is 156 cm³/mol. The summed E-state index contributed by atoms with van der Waals surface area (Å²) in [5.74, 6) is 0.0950. The summed E-state index contributed by atoms with van der Waals surface area (Å²) in [5, 5.41) is 0. The smallest absolute Gasteiger partial charge is 0.343 e. The summed E-state index contributed by atoms with van der Waals surface area (Å²) in [6, 6.07) is 20.6. The number of methoxy groups -OCH3 is 1. The lowest BCUT2D eigenvalue weighted by atomic mass is 9.96. The third-order valence-corrected chi connectivity index (χ3v) is 7.57. The van der Waals surface area contributed by atoms with E-state index in [4.69, 9.17) is 14.2 Å². The second kappa shape index (κ2) is 11.8. The van der Waals surface area contributed by atoms with Gasteiger partial charge in [-0.2, -0.15) is 0 Å². The Hall–Kier alpha value is -4.76. The molecule has 4 aromatic rings. The van der Waals surface area contributed by atoms with Crippen LogP contribution in [0, 0.1) is 6.92 Å². The molecule has 41 heavy (non-hydrogen) atoms. The normalized spacial score (nSPS) is 14.7. The van der Waals surface area contributed by atoms with E-state index in [9.17, 15) is 14.4 Å². The number of ether oxygens (including phenoxy) is 3. The van der Waals surface area contributed by atoms with Crippen molar-refractivity contribution in [1.29, 1.82) is 0 Å². The first-order valence-electron chi connectivity index (χ1n) is 13.0. The van der Waals surface area contributed by atoms with Crippen LogP contribution in [0.2, 0.25) is 0 Å². The number of carbonyl (C=O) groups is 2. The Morgan fingerprint density at radius 2 is 1.68 bits per heavy atom. The minimum absolute atomic E-state index is 0.200. The highest BCUT2D eigenvalue weighted by Crippen LogP contribution is 2.31. The molecule has 1 aliphatic heterocycles. The number of carbonyl (C=O) groups excluding carboxylic acids is 2. The van der Waals surface area contributed by atoms with E-state index in [1.807, 2.05) is 25.1 Å². The maximum Gasteiger partial charge on any atom is 0.343 e. The first-order chi connectivity index (χ1) is 19.8. The van der Waals surface area contributed by atoms with E-state index >= 15 is 0 Å². The van der Waals surface area contributed by atoms with Crippen LogP contribution in [0.3, 0.4) is 0 Å². The average molecular weight is 569 g/mol. The van der Waals surface area contributed by atoms with Crippen molar-refractivity contribution >= 4 is 29.4 Å². The molecule has 1 aliphatic rings.